The number of allylic oxidation sites excluding steroid dienone is 2. The van der Waals surface area contributed by atoms with Crippen LogP contribution in [0.3, 0.4) is 0 Å². The van der Waals surface area contributed by atoms with Crippen LogP contribution >= 0.6 is 0 Å². The number of Topliss-reactive ketones (excluding diaryl/α,β-unsaturated/α-hetero) is 1. The summed E-state index contributed by atoms with van der Waals surface area (Å²) in [5.74, 6) is -0.0466. The Morgan fingerprint density at radius 3 is 2.47 bits per heavy atom. The maximum absolute atomic E-state index is 12.7. The molecule has 3 N–H and O–H groups in total. The second-order valence-corrected chi connectivity index (χ2v) is 13.4. The standard InChI is InChI=1S/C34H46N2O7/c1-5-42-31(40)29(30(39)22-9-7-6-8-10-22)35-28(38)20-43-36-24-13-16-32(3)23(19-24)11-12-25-26(32)14-17-33(4)27(25)15-18-34(33,41)21(2)37/h6-10,19,25-27,29-30,39,41H,5,11-18,20H2,1-4H3,(H,35,38)/b36-24+/t25-,26+,27-,29+,30+,32-,33-,34-/m0/s1. The highest BCUT2D eigenvalue weighted by Gasteiger charge is 2.65. The highest BCUT2D eigenvalue weighted by atomic mass is 16.6. The molecule has 4 aliphatic rings. The van der Waals surface area contributed by atoms with Crippen molar-refractivity contribution < 1.29 is 34.2 Å². The molecule has 9 heteroatoms. The summed E-state index contributed by atoms with van der Waals surface area (Å²) in [5, 5.41) is 29.0. The minimum absolute atomic E-state index is 0.0397. The number of ketones is 1. The van der Waals surface area contributed by atoms with Gasteiger partial charge in [-0.2, -0.15) is 0 Å². The number of fused-ring (bicyclic) bond motifs is 5. The van der Waals surface area contributed by atoms with Gasteiger partial charge in [-0.1, -0.05) is 54.9 Å². The van der Waals surface area contributed by atoms with Crippen molar-refractivity contribution in [3.05, 3.63) is 47.5 Å². The number of hydrogen-bond acceptors (Lipinski definition) is 8. The molecule has 0 unspecified atom stereocenters. The maximum Gasteiger partial charge on any atom is 0.331 e. The molecule has 1 aromatic carbocycles. The third kappa shape index (κ3) is 5.55. The molecule has 234 valence electrons. The lowest BCUT2D eigenvalue weighted by Crippen LogP contribution is -2.57. The van der Waals surface area contributed by atoms with Crippen molar-refractivity contribution in [2.75, 3.05) is 13.2 Å². The van der Waals surface area contributed by atoms with Crippen LogP contribution in [0.4, 0.5) is 0 Å². The number of nitrogens with zero attached hydrogens (tertiary/aromatic N) is 1. The average molecular weight is 595 g/mol. The van der Waals surface area contributed by atoms with E-state index in [2.05, 4.69) is 30.4 Å². The van der Waals surface area contributed by atoms with E-state index >= 15 is 0 Å². The molecule has 8 atom stereocenters. The lowest BCUT2D eigenvalue weighted by molar-refractivity contribution is -0.159. The molecule has 1 amide bonds. The second-order valence-electron chi connectivity index (χ2n) is 13.4. The van der Waals surface area contributed by atoms with Crippen LogP contribution < -0.4 is 5.32 Å². The first-order valence-electron chi connectivity index (χ1n) is 15.8. The van der Waals surface area contributed by atoms with Gasteiger partial charge in [-0.25, -0.2) is 4.79 Å². The predicted octanol–water partition coefficient (Wildman–Crippen LogP) is 4.42. The van der Waals surface area contributed by atoms with E-state index in [0.717, 1.165) is 50.7 Å². The molecule has 3 fully saturated rings. The van der Waals surface area contributed by atoms with Crippen LogP contribution in [0.5, 0.6) is 0 Å². The first kappa shape index (κ1) is 31.4. The first-order chi connectivity index (χ1) is 20.4. The summed E-state index contributed by atoms with van der Waals surface area (Å²) in [7, 11) is 0. The van der Waals surface area contributed by atoms with E-state index in [9.17, 15) is 24.6 Å². The van der Waals surface area contributed by atoms with Crippen molar-refractivity contribution >= 4 is 23.4 Å². The van der Waals surface area contributed by atoms with Crippen LogP contribution in [0.15, 0.2) is 47.1 Å². The molecule has 0 aliphatic heterocycles. The van der Waals surface area contributed by atoms with Gasteiger partial charge in [-0.15, -0.1) is 0 Å². The number of aliphatic hydroxyl groups excluding tert-OH is 1. The molecular weight excluding hydrogens is 548 g/mol. The second kappa shape index (κ2) is 12.2. The Kier molecular flexibility index (Phi) is 8.87. The van der Waals surface area contributed by atoms with Crippen LogP contribution in [0.2, 0.25) is 0 Å². The smallest absolute Gasteiger partial charge is 0.331 e. The highest BCUT2D eigenvalue weighted by molar-refractivity contribution is 5.96. The van der Waals surface area contributed by atoms with Crippen molar-refractivity contribution in [1.29, 1.82) is 0 Å². The van der Waals surface area contributed by atoms with Gasteiger partial charge >= 0.3 is 5.97 Å². The number of hydrogen-bond donors (Lipinski definition) is 3. The van der Waals surface area contributed by atoms with Gasteiger partial charge in [0.25, 0.3) is 5.91 Å². The molecule has 9 nitrogen and oxygen atoms in total. The molecule has 0 heterocycles. The molecule has 3 saturated carbocycles. The third-order valence-electron chi connectivity index (χ3n) is 11.4. The SMILES string of the molecule is CCOC(=O)[C@H](NC(=O)CO/N=C1/C=C2CC[C@H]3[C@@H](CC[C@@]4(C)[C@H]3CC[C@]4(O)C(C)=O)[C@@]2(C)CC1)[C@H](O)c1ccccc1. The van der Waals surface area contributed by atoms with Gasteiger partial charge in [-0.05, 0) is 100 Å². The van der Waals surface area contributed by atoms with Crippen molar-refractivity contribution in [1.82, 2.24) is 5.32 Å². The van der Waals surface area contributed by atoms with Crippen molar-refractivity contribution in [3.8, 4) is 0 Å². The summed E-state index contributed by atoms with van der Waals surface area (Å²) in [6, 6.07) is 7.36. The Bertz CT molecular complexity index is 1290. The van der Waals surface area contributed by atoms with Gasteiger partial charge in [-0.3, -0.25) is 9.59 Å². The molecule has 1 aromatic rings. The number of oxime groups is 1. The summed E-state index contributed by atoms with van der Waals surface area (Å²) >= 11 is 0. The van der Waals surface area contributed by atoms with E-state index in [1.165, 1.54) is 5.57 Å². The fourth-order valence-electron chi connectivity index (χ4n) is 8.97. The van der Waals surface area contributed by atoms with E-state index in [1.54, 1.807) is 44.2 Å². The van der Waals surface area contributed by atoms with Crippen LogP contribution in [0.25, 0.3) is 0 Å². The number of rotatable bonds is 9. The Morgan fingerprint density at radius 1 is 1.05 bits per heavy atom. The first-order valence-corrected chi connectivity index (χ1v) is 15.8. The number of aliphatic hydroxyl groups is 2. The van der Waals surface area contributed by atoms with Gasteiger partial charge in [0.15, 0.2) is 18.4 Å². The fraction of sp³-hybridized carbons (Fsp3) is 0.647. The lowest BCUT2D eigenvalue weighted by atomic mass is 9.46. The molecule has 5 rings (SSSR count). The van der Waals surface area contributed by atoms with Gasteiger partial charge in [0.1, 0.15) is 11.7 Å². The zero-order valence-corrected chi connectivity index (χ0v) is 25.8. The van der Waals surface area contributed by atoms with Crippen molar-refractivity contribution in [3.63, 3.8) is 0 Å². The predicted molar refractivity (Wildman–Crippen MR) is 161 cm³/mol. The number of carbonyl (C=O) groups is 3. The van der Waals surface area contributed by atoms with Gasteiger partial charge in [0.05, 0.1) is 12.3 Å². The summed E-state index contributed by atoms with van der Waals surface area (Å²) in [4.78, 5) is 43.2. The molecule has 0 saturated heterocycles. The maximum atomic E-state index is 12.7. The Hall–Kier alpha value is -3.04. The van der Waals surface area contributed by atoms with Crippen LogP contribution in [0.1, 0.15) is 90.7 Å². The number of benzene rings is 1. The van der Waals surface area contributed by atoms with Crippen molar-refractivity contribution in [2.24, 2.45) is 33.7 Å². The van der Waals surface area contributed by atoms with Crippen LogP contribution in [0, 0.1) is 28.6 Å². The van der Waals surface area contributed by atoms with E-state index in [0.29, 0.717) is 29.7 Å². The molecule has 0 aromatic heterocycles. The van der Waals surface area contributed by atoms with E-state index in [-0.39, 0.29) is 23.2 Å². The third-order valence-corrected chi connectivity index (χ3v) is 11.4. The van der Waals surface area contributed by atoms with Crippen LogP contribution in [-0.2, 0) is 24.0 Å². The molecule has 43 heavy (non-hydrogen) atoms. The minimum atomic E-state index is -1.28. The van der Waals surface area contributed by atoms with Crippen LogP contribution in [-0.4, -0.2) is 58.4 Å². The lowest BCUT2D eigenvalue weighted by Gasteiger charge is -2.59. The molecule has 0 bridgehead atoms. The number of esters is 1. The van der Waals surface area contributed by atoms with Crippen molar-refractivity contribution in [2.45, 2.75) is 96.8 Å². The summed E-state index contributed by atoms with van der Waals surface area (Å²) in [5.41, 5.74) is 1.13. The number of ether oxygens (including phenoxy) is 1. The quantitative estimate of drug-likeness (QED) is 0.285. The highest BCUT2D eigenvalue weighted by Crippen LogP contribution is 2.67. The molecule has 0 spiro atoms. The minimum Gasteiger partial charge on any atom is -0.464 e. The van der Waals surface area contributed by atoms with Gasteiger partial charge in [0, 0.05) is 5.41 Å². The fourth-order valence-corrected chi connectivity index (χ4v) is 8.97. The number of carbonyl (C=O) groups excluding carboxylic acids is 3. The molecule has 0 radical (unpaired) electrons. The van der Waals surface area contributed by atoms with E-state index in [4.69, 9.17) is 9.57 Å². The van der Waals surface area contributed by atoms with Gasteiger partial charge < -0.3 is 25.1 Å². The zero-order chi connectivity index (χ0) is 31.0. The Balaban J connectivity index is 1.22. The van der Waals surface area contributed by atoms with E-state index in [1.807, 2.05) is 0 Å². The average Bonchev–Trinajstić information content (AvgIpc) is 3.27. The zero-order valence-electron chi connectivity index (χ0n) is 25.8. The normalized spacial score (nSPS) is 35.4. The monoisotopic (exact) mass is 594 g/mol. The number of nitrogens with one attached hydrogen (secondary N) is 1. The topological polar surface area (TPSA) is 135 Å². The summed E-state index contributed by atoms with van der Waals surface area (Å²) < 4.78 is 5.08. The largest absolute Gasteiger partial charge is 0.464 e. The summed E-state index contributed by atoms with van der Waals surface area (Å²) in [6.07, 6.45) is 7.84. The van der Waals surface area contributed by atoms with Gasteiger partial charge in [0.2, 0.25) is 0 Å². The Labute approximate surface area is 254 Å². The summed E-state index contributed by atoms with van der Waals surface area (Å²) in [6.45, 7) is 7.44. The Morgan fingerprint density at radius 2 is 1.77 bits per heavy atom. The van der Waals surface area contributed by atoms with E-state index < -0.39 is 36.2 Å². The molecule has 4 aliphatic carbocycles. The number of amides is 1. The molecular formula is C34H46N2O7.